The number of ether oxygens (including phenoxy) is 1. The van der Waals surface area contributed by atoms with Crippen molar-refractivity contribution in [2.24, 2.45) is 0 Å². The maximum absolute atomic E-state index is 12.9. The first kappa shape index (κ1) is 19.7. The number of halogens is 1. The van der Waals surface area contributed by atoms with E-state index in [1.54, 1.807) is 12.1 Å². The maximum Gasteiger partial charge on any atom is 0.321 e. The van der Waals surface area contributed by atoms with Gasteiger partial charge in [-0.2, -0.15) is 4.72 Å². The molecule has 0 radical (unpaired) electrons. The smallest absolute Gasteiger partial charge is 0.321 e. The highest BCUT2D eigenvalue weighted by Crippen LogP contribution is 2.10. The van der Waals surface area contributed by atoms with Crippen LogP contribution in [-0.4, -0.2) is 32.8 Å². The molecule has 0 aromatic heterocycles. The minimum Gasteiger partial charge on any atom is -0.453 e. The summed E-state index contributed by atoms with van der Waals surface area (Å²) in [7, 11) is -3.86. The molecule has 138 valence electrons. The number of aryl methyl sites for hydroxylation is 1. The largest absolute Gasteiger partial charge is 0.453 e. The van der Waals surface area contributed by atoms with Crippen LogP contribution in [0, 0.1) is 12.7 Å². The molecule has 2 rings (SSSR count). The summed E-state index contributed by atoms with van der Waals surface area (Å²) in [5.74, 6) is -1.90. The van der Waals surface area contributed by atoms with Gasteiger partial charge >= 0.3 is 5.97 Å². The summed E-state index contributed by atoms with van der Waals surface area (Å²) in [6, 6.07) is 10.9. The van der Waals surface area contributed by atoms with E-state index in [2.05, 4.69) is 4.72 Å². The second kappa shape index (κ2) is 8.20. The van der Waals surface area contributed by atoms with Gasteiger partial charge in [0.2, 0.25) is 15.8 Å². The standard InChI is InChI=1S/C18H18FNO5S/c1-12-3-9-16(10-4-12)26(23,24)20-11-17(21)25-13(2)18(22)14-5-7-15(19)8-6-14/h3-10,13,20H,11H2,1-2H3/t13-/m1/s1. The first-order valence-electron chi connectivity index (χ1n) is 7.74. The Morgan fingerprint density at radius 3 is 2.23 bits per heavy atom. The SMILES string of the molecule is Cc1ccc(S(=O)(=O)NCC(=O)O[C@H](C)C(=O)c2ccc(F)cc2)cc1. The molecule has 0 bridgehead atoms. The van der Waals surface area contributed by atoms with Gasteiger partial charge in [0.25, 0.3) is 0 Å². The molecule has 0 aliphatic heterocycles. The maximum atomic E-state index is 12.9. The summed E-state index contributed by atoms with van der Waals surface area (Å²) in [6.07, 6.45) is -1.13. The van der Waals surface area contributed by atoms with Crippen molar-refractivity contribution in [3.05, 3.63) is 65.5 Å². The van der Waals surface area contributed by atoms with E-state index < -0.39 is 40.2 Å². The Morgan fingerprint density at radius 1 is 1.08 bits per heavy atom. The topological polar surface area (TPSA) is 89.5 Å². The normalized spacial score (nSPS) is 12.4. The first-order chi connectivity index (χ1) is 12.2. The number of Topliss-reactive ketones (excluding diaryl/α,β-unsaturated/α-hetero) is 1. The molecule has 0 saturated heterocycles. The van der Waals surface area contributed by atoms with Crippen LogP contribution in [0.5, 0.6) is 0 Å². The molecule has 6 nitrogen and oxygen atoms in total. The number of esters is 1. The number of carbonyl (C=O) groups excluding carboxylic acids is 2. The zero-order valence-electron chi connectivity index (χ0n) is 14.2. The van der Waals surface area contributed by atoms with Crippen molar-refractivity contribution in [2.45, 2.75) is 24.8 Å². The van der Waals surface area contributed by atoms with E-state index >= 15 is 0 Å². The Morgan fingerprint density at radius 2 is 1.65 bits per heavy atom. The molecule has 0 saturated carbocycles. The molecule has 0 aliphatic rings. The number of hydrogen-bond donors (Lipinski definition) is 1. The number of rotatable bonds is 7. The van der Waals surface area contributed by atoms with Crippen molar-refractivity contribution in [3.63, 3.8) is 0 Å². The summed E-state index contributed by atoms with van der Waals surface area (Å²) in [5, 5.41) is 0. The van der Waals surface area contributed by atoms with E-state index in [-0.39, 0.29) is 10.5 Å². The second-order valence-electron chi connectivity index (χ2n) is 5.64. The zero-order valence-corrected chi connectivity index (χ0v) is 15.0. The average Bonchev–Trinajstić information content (AvgIpc) is 2.60. The number of ketones is 1. The quantitative estimate of drug-likeness (QED) is 0.589. The van der Waals surface area contributed by atoms with Crippen LogP contribution < -0.4 is 4.72 Å². The van der Waals surface area contributed by atoms with Gasteiger partial charge in [0.15, 0.2) is 6.10 Å². The molecule has 0 aliphatic carbocycles. The van der Waals surface area contributed by atoms with Crippen molar-refractivity contribution >= 4 is 21.8 Å². The van der Waals surface area contributed by atoms with Crippen LogP contribution in [-0.2, 0) is 19.6 Å². The lowest BCUT2D eigenvalue weighted by Crippen LogP contribution is -2.34. The summed E-state index contributed by atoms with van der Waals surface area (Å²) in [5.41, 5.74) is 1.09. The van der Waals surface area contributed by atoms with Crippen LogP contribution in [0.4, 0.5) is 4.39 Å². The minimum atomic E-state index is -3.86. The van der Waals surface area contributed by atoms with Gasteiger partial charge in [-0.1, -0.05) is 17.7 Å². The second-order valence-corrected chi connectivity index (χ2v) is 7.41. The van der Waals surface area contributed by atoms with E-state index in [1.165, 1.54) is 31.2 Å². The molecular weight excluding hydrogens is 361 g/mol. The highest BCUT2D eigenvalue weighted by Gasteiger charge is 2.21. The number of carbonyl (C=O) groups is 2. The van der Waals surface area contributed by atoms with Crippen LogP contribution in [0.15, 0.2) is 53.4 Å². The Labute approximate surface area is 151 Å². The van der Waals surface area contributed by atoms with E-state index in [0.29, 0.717) is 0 Å². The molecule has 2 aromatic carbocycles. The molecular formula is C18H18FNO5S. The Bertz CT molecular complexity index is 892. The molecule has 0 amide bonds. The third-order valence-electron chi connectivity index (χ3n) is 3.54. The van der Waals surface area contributed by atoms with Crippen LogP contribution >= 0.6 is 0 Å². The number of nitrogens with one attached hydrogen (secondary N) is 1. The van der Waals surface area contributed by atoms with Gasteiger partial charge in [0.1, 0.15) is 12.4 Å². The third-order valence-corrected chi connectivity index (χ3v) is 4.96. The highest BCUT2D eigenvalue weighted by atomic mass is 32.2. The van der Waals surface area contributed by atoms with Crippen LogP contribution in [0.3, 0.4) is 0 Å². The van der Waals surface area contributed by atoms with E-state index in [1.807, 2.05) is 6.92 Å². The number of sulfonamides is 1. The van der Waals surface area contributed by atoms with Crippen molar-refractivity contribution in [1.29, 1.82) is 0 Å². The van der Waals surface area contributed by atoms with Gasteiger partial charge in [-0.15, -0.1) is 0 Å². The molecule has 2 aromatic rings. The van der Waals surface area contributed by atoms with Crippen molar-refractivity contribution in [1.82, 2.24) is 4.72 Å². The summed E-state index contributed by atoms with van der Waals surface area (Å²) >= 11 is 0. The molecule has 26 heavy (non-hydrogen) atoms. The third kappa shape index (κ3) is 5.21. The van der Waals surface area contributed by atoms with Gasteiger partial charge in [-0.3, -0.25) is 9.59 Å². The first-order valence-corrected chi connectivity index (χ1v) is 9.23. The summed E-state index contributed by atoms with van der Waals surface area (Å²) in [6.45, 7) is 2.57. The Kier molecular flexibility index (Phi) is 6.23. The fraction of sp³-hybridized carbons (Fsp3) is 0.222. The molecule has 0 fully saturated rings. The lowest BCUT2D eigenvalue weighted by molar-refractivity contribution is -0.144. The molecule has 1 N–H and O–H groups in total. The predicted molar refractivity (Wildman–Crippen MR) is 92.7 cm³/mol. The monoisotopic (exact) mass is 379 g/mol. The summed E-state index contributed by atoms with van der Waals surface area (Å²) in [4.78, 5) is 23.9. The minimum absolute atomic E-state index is 0.0198. The van der Waals surface area contributed by atoms with Gasteiger partial charge in [0.05, 0.1) is 4.90 Å². The van der Waals surface area contributed by atoms with Crippen LogP contribution in [0.25, 0.3) is 0 Å². The lowest BCUT2D eigenvalue weighted by Gasteiger charge is -2.13. The lowest BCUT2D eigenvalue weighted by atomic mass is 10.1. The van der Waals surface area contributed by atoms with E-state index in [0.717, 1.165) is 17.7 Å². The highest BCUT2D eigenvalue weighted by molar-refractivity contribution is 7.89. The predicted octanol–water partition coefficient (Wildman–Crippen LogP) is 2.23. The van der Waals surface area contributed by atoms with E-state index in [9.17, 15) is 22.4 Å². The van der Waals surface area contributed by atoms with Gasteiger partial charge < -0.3 is 4.74 Å². The average molecular weight is 379 g/mol. The fourth-order valence-corrected chi connectivity index (χ4v) is 3.06. The summed E-state index contributed by atoms with van der Waals surface area (Å²) < 4.78 is 44.1. The molecule has 0 unspecified atom stereocenters. The Hall–Kier alpha value is -2.58. The van der Waals surface area contributed by atoms with E-state index in [4.69, 9.17) is 4.74 Å². The number of benzene rings is 2. The zero-order chi connectivity index (χ0) is 19.3. The molecule has 8 heteroatoms. The molecule has 0 spiro atoms. The van der Waals surface area contributed by atoms with Gasteiger partial charge in [0, 0.05) is 5.56 Å². The van der Waals surface area contributed by atoms with Crippen molar-refractivity contribution in [2.75, 3.05) is 6.54 Å². The van der Waals surface area contributed by atoms with Gasteiger partial charge in [-0.05, 0) is 50.2 Å². The molecule has 1 atom stereocenters. The van der Waals surface area contributed by atoms with Crippen molar-refractivity contribution < 1.29 is 27.1 Å². The fourth-order valence-electron chi connectivity index (χ4n) is 2.10. The van der Waals surface area contributed by atoms with Crippen LogP contribution in [0.1, 0.15) is 22.8 Å². The van der Waals surface area contributed by atoms with Crippen molar-refractivity contribution in [3.8, 4) is 0 Å². The Balaban J connectivity index is 1.92. The van der Waals surface area contributed by atoms with Gasteiger partial charge in [-0.25, -0.2) is 12.8 Å². The number of hydrogen-bond acceptors (Lipinski definition) is 5. The van der Waals surface area contributed by atoms with Crippen LogP contribution in [0.2, 0.25) is 0 Å². The molecule has 0 heterocycles.